The zero-order valence-electron chi connectivity index (χ0n) is 28.7. The molecule has 7 nitrogen and oxygen atoms in total. The van der Waals surface area contributed by atoms with E-state index < -0.39 is 35.0 Å². The minimum Gasteiger partial charge on any atom is -0.504 e. The molecule has 7 heteroatoms. The maximum absolute atomic E-state index is 13.0. The summed E-state index contributed by atoms with van der Waals surface area (Å²) in [5, 5.41) is 41.7. The second-order valence-corrected chi connectivity index (χ2v) is 17.7. The van der Waals surface area contributed by atoms with Gasteiger partial charge in [-0.2, -0.15) is 0 Å². The van der Waals surface area contributed by atoms with Crippen molar-refractivity contribution in [3.8, 4) is 11.5 Å². The molecule has 0 aliphatic heterocycles. The SMILES string of the molecule is CC1(C)CC[C@]2(C(=O)O)CC[C@]3(C)C(=CC[C@@H]4[C@@]5(C)C[C@@H](O)[C@H](OC(=O)C=Cc6ccc(O)c(O)c6)C(C)(C)[C@@H]5CC[C@]43C)[C@@H]2C1. The molecule has 1 aromatic carbocycles. The van der Waals surface area contributed by atoms with Gasteiger partial charge in [0, 0.05) is 11.5 Å². The van der Waals surface area contributed by atoms with Crippen LogP contribution in [0, 0.1) is 50.2 Å². The first-order chi connectivity index (χ1) is 21.3. The largest absolute Gasteiger partial charge is 0.504 e. The van der Waals surface area contributed by atoms with E-state index in [0.717, 1.165) is 51.4 Å². The summed E-state index contributed by atoms with van der Waals surface area (Å²) in [6.45, 7) is 16.1. The second kappa shape index (κ2) is 10.6. The maximum atomic E-state index is 13.0. The number of esters is 1. The van der Waals surface area contributed by atoms with Gasteiger partial charge in [-0.05, 0) is 121 Å². The third-order valence-electron chi connectivity index (χ3n) is 14.6. The van der Waals surface area contributed by atoms with Crippen molar-refractivity contribution in [1.82, 2.24) is 0 Å². The molecular weight excluding hydrogens is 580 g/mol. The van der Waals surface area contributed by atoms with Crippen LogP contribution >= 0.6 is 0 Å². The summed E-state index contributed by atoms with van der Waals surface area (Å²) in [6.07, 6.45) is 11.4. The smallest absolute Gasteiger partial charge is 0.331 e. The van der Waals surface area contributed by atoms with Gasteiger partial charge in [0.1, 0.15) is 6.10 Å². The lowest BCUT2D eigenvalue weighted by atomic mass is 9.33. The van der Waals surface area contributed by atoms with E-state index in [1.807, 2.05) is 0 Å². The molecule has 5 aliphatic carbocycles. The van der Waals surface area contributed by atoms with Gasteiger partial charge in [0.05, 0.1) is 11.5 Å². The molecule has 4 saturated carbocycles. The molecule has 5 aliphatic rings. The van der Waals surface area contributed by atoms with Crippen molar-refractivity contribution in [2.75, 3.05) is 0 Å². The van der Waals surface area contributed by atoms with Crippen LogP contribution in [-0.4, -0.2) is 44.6 Å². The zero-order valence-corrected chi connectivity index (χ0v) is 28.7. The molecule has 1 aromatic rings. The van der Waals surface area contributed by atoms with Crippen molar-refractivity contribution in [1.29, 1.82) is 0 Å². The van der Waals surface area contributed by atoms with E-state index in [-0.39, 0.29) is 45.0 Å². The molecule has 0 radical (unpaired) electrons. The Kier molecular flexibility index (Phi) is 7.63. The lowest BCUT2D eigenvalue weighted by Gasteiger charge is -2.71. The summed E-state index contributed by atoms with van der Waals surface area (Å²) in [6, 6.07) is 4.33. The number of rotatable bonds is 4. The predicted octanol–water partition coefficient (Wildman–Crippen LogP) is 7.88. The highest BCUT2D eigenvalue weighted by molar-refractivity contribution is 5.87. The average molecular weight is 635 g/mol. The molecule has 252 valence electrons. The fraction of sp³-hybridized carbons (Fsp3) is 0.692. The summed E-state index contributed by atoms with van der Waals surface area (Å²) >= 11 is 0. The van der Waals surface area contributed by atoms with Gasteiger partial charge < -0.3 is 25.2 Å². The summed E-state index contributed by atoms with van der Waals surface area (Å²) in [5.41, 5.74) is 0.601. The van der Waals surface area contributed by atoms with Crippen LogP contribution in [0.2, 0.25) is 0 Å². The molecule has 4 N–H and O–H groups in total. The first-order valence-electron chi connectivity index (χ1n) is 17.3. The molecule has 6 rings (SSSR count). The van der Waals surface area contributed by atoms with Crippen LogP contribution in [0.3, 0.4) is 0 Å². The third kappa shape index (κ3) is 4.69. The Hall–Kier alpha value is -2.80. The number of phenolic OH excluding ortho intramolecular Hbond substituents is 2. The molecule has 46 heavy (non-hydrogen) atoms. The van der Waals surface area contributed by atoms with Crippen LogP contribution in [0.1, 0.15) is 112 Å². The van der Waals surface area contributed by atoms with E-state index >= 15 is 0 Å². The first-order valence-corrected chi connectivity index (χ1v) is 17.3. The number of fused-ring (bicyclic) bond motifs is 7. The lowest BCUT2D eigenvalue weighted by molar-refractivity contribution is -0.238. The molecule has 0 bridgehead atoms. The fourth-order valence-corrected chi connectivity index (χ4v) is 12.0. The highest BCUT2D eigenvalue weighted by Crippen LogP contribution is 2.75. The van der Waals surface area contributed by atoms with Crippen LogP contribution in [0.4, 0.5) is 0 Å². The lowest BCUT2D eigenvalue weighted by Crippen LogP contribution is -2.67. The number of carbonyl (C=O) groups excluding carboxylic acids is 1. The van der Waals surface area contributed by atoms with E-state index in [4.69, 9.17) is 4.74 Å². The number of ether oxygens (including phenoxy) is 1. The van der Waals surface area contributed by atoms with Crippen LogP contribution in [0.5, 0.6) is 11.5 Å². The van der Waals surface area contributed by atoms with Crippen molar-refractivity contribution in [3.63, 3.8) is 0 Å². The predicted molar refractivity (Wildman–Crippen MR) is 177 cm³/mol. The number of aliphatic carboxylic acids is 1. The van der Waals surface area contributed by atoms with E-state index in [2.05, 4.69) is 54.5 Å². The van der Waals surface area contributed by atoms with Crippen molar-refractivity contribution < 1.29 is 34.8 Å². The van der Waals surface area contributed by atoms with Crippen molar-refractivity contribution in [2.24, 2.45) is 50.2 Å². The number of aliphatic hydroxyl groups excluding tert-OH is 1. The Morgan fingerprint density at radius 1 is 0.891 bits per heavy atom. The summed E-state index contributed by atoms with van der Waals surface area (Å²) in [4.78, 5) is 26.0. The van der Waals surface area contributed by atoms with Gasteiger partial charge in [-0.3, -0.25) is 4.79 Å². The average Bonchev–Trinajstić information content (AvgIpc) is 2.95. The number of allylic oxidation sites excluding steroid dienone is 2. The van der Waals surface area contributed by atoms with E-state index in [9.17, 15) is 30.0 Å². The number of aliphatic hydroxyl groups is 1. The van der Waals surface area contributed by atoms with Crippen molar-refractivity contribution in [3.05, 3.63) is 41.5 Å². The first kappa shape index (κ1) is 33.1. The molecular formula is C39H54O7. The fourth-order valence-electron chi connectivity index (χ4n) is 12.0. The van der Waals surface area contributed by atoms with Crippen LogP contribution in [-0.2, 0) is 14.3 Å². The Morgan fingerprint density at radius 2 is 1.59 bits per heavy atom. The second-order valence-electron chi connectivity index (χ2n) is 17.7. The minimum atomic E-state index is -0.822. The summed E-state index contributed by atoms with van der Waals surface area (Å²) in [7, 11) is 0. The zero-order chi connectivity index (χ0) is 33.7. The normalized spacial score (nSPS) is 42.5. The number of benzene rings is 1. The van der Waals surface area contributed by atoms with Gasteiger partial charge in [0.15, 0.2) is 11.5 Å². The Morgan fingerprint density at radius 3 is 2.26 bits per heavy atom. The van der Waals surface area contributed by atoms with Crippen molar-refractivity contribution >= 4 is 18.0 Å². The highest BCUT2D eigenvalue weighted by atomic mass is 16.6. The number of hydrogen-bond donors (Lipinski definition) is 4. The van der Waals surface area contributed by atoms with Gasteiger partial charge in [0.2, 0.25) is 0 Å². The number of hydrogen-bond acceptors (Lipinski definition) is 6. The van der Waals surface area contributed by atoms with Gasteiger partial charge in [-0.15, -0.1) is 0 Å². The number of carbonyl (C=O) groups is 2. The summed E-state index contributed by atoms with van der Waals surface area (Å²) < 4.78 is 6.01. The van der Waals surface area contributed by atoms with Gasteiger partial charge in [-0.1, -0.05) is 66.2 Å². The van der Waals surface area contributed by atoms with E-state index in [0.29, 0.717) is 17.9 Å². The molecule has 0 saturated heterocycles. The Labute approximate surface area is 274 Å². The molecule has 0 aromatic heterocycles. The molecule has 4 fully saturated rings. The quantitative estimate of drug-likeness (QED) is 0.115. The van der Waals surface area contributed by atoms with E-state index in [1.54, 1.807) is 6.07 Å². The van der Waals surface area contributed by atoms with Crippen LogP contribution in [0.25, 0.3) is 6.08 Å². The van der Waals surface area contributed by atoms with Gasteiger partial charge in [0.25, 0.3) is 0 Å². The van der Waals surface area contributed by atoms with Crippen molar-refractivity contribution in [2.45, 2.75) is 118 Å². The third-order valence-corrected chi connectivity index (χ3v) is 14.6. The van der Waals surface area contributed by atoms with Gasteiger partial charge in [-0.25, -0.2) is 4.79 Å². The highest BCUT2D eigenvalue weighted by Gasteiger charge is 2.70. The summed E-state index contributed by atoms with van der Waals surface area (Å²) in [5.74, 6) is -1.06. The van der Waals surface area contributed by atoms with E-state index in [1.165, 1.54) is 29.9 Å². The maximum Gasteiger partial charge on any atom is 0.331 e. The van der Waals surface area contributed by atoms with Crippen LogP contribution < -0.4 is 0 Å². The van der Waals surface area contributed by atoms with Crippen LogP contribution in [0.15, 0.2) is 35.9 Å². The Balaban J connectivity index is 1.28. The topological polar surface area (TPSA) is 124 Å². The monoisotopic (exact) mass is 634 g/mol. The standard InChI is InChI=1S/C39H54O7/c1-34(2)16-18-39(33(44)45)19-17-37(6)24(25(39)21-34)10-12-30-36(5)22-28(42)32(35(3,4)29(36)14-15-38(30,37)7)46-31(43)13-9-23-8-11-26(40)27(41)20-23/h8-11,13,20,25,28-30,32,40-42H,12,14-19,21-22H2,1-7H3,(H,44,45)/t25-,28+,29-,30+,32-,36-,37+,38+,39-/m0/s1. The molecule has 0 unspecified atom stereocenters. The molecule has 0 amide bonds. The number of carboxylic acid groups (broad SMARTS) is 1. The molecule has 0 heterocycles. The Bertz CT molecular complexity index is 1490. The number of carboxylic acids is 1. The number of aromatic hydroxyl groups is 2. The molecule has 0 spiro atoms. The van der Waals surface area contributed by atoms with Gasteiger partial charge >= 0.3 is 11.9 Å². The number of phenols is 2. The minimum absolute atomic E-state index is 0.0354. The molecule has 9 atom stereocenters.